The van der Waals surface area contributed by atoms with Gasteiger partial charge in [0.2, 0.25) is 0 Å². The van der Waals surface area contributed by atoms with Crippen LogP contribution in [0.4, 0.5) is 0 Å². The van der Waals surface area contributed by atoms with Gasteiger partial charge in [-0.25, -0.2) is 0 Å². The smallest absolute Gasteiger partial charge is 0.158 e. The SMILES string of the molecule is COc1ccc(Sc2ccc(O)c(O)c2)cc1. The van der Waals surface area contributed by atoms with E-state index in [-0.39, 0.29) is 11.5 Å². The van der Waals surface area contributed by atoms with Crippen molar-refractivity contribution in [3.63, 3.8) is 0 Å². The van der Waals surface area contributed by atoms with E-state index in [0.29, 0.717) is 0 Å². The number of phenols is 2. The molecular formula is C13H12O3S. The molecule has 0 amide bonds. The van der Waals surface area contributed by atoms with Gasteiger partial charge in [0.05, 0.1) is 7.11 Å². The van der Waals surface area contributed by atoms with Crippen LogP contribution in [0.25, 0.3) is 0 Å². The number of ether oxygens (including phenoxy) is 1. The van der Waals surface area contributed by atoms with Crippen molar-refractivity contribution in [1.82, 2.24) is 0 Å². The minimum atomic E-state index is -0.108. The van der Waals surface area contributed by atoms with Crippen LogP contribution >= 0.6 is 11.8 Å². The molecule has 2 aromatic rings. The van der Waals surface area contributed by atoms with Crippen molar-refractivity contribution < 1.29 is 14.9 Å². The molecular weight excluding hydrogens is 236 g/mol. The molecule has 0 saturated carbocycles. The molecule has 0 aliphatic heterocycles. The molecule has 2 rings (SSSR count). The van der Waals surface area contributed by atoms with Gasteiger partial charge in [-0.15, -0.1) is 0 Å². The molecule has 88 valence electrons. The number of hydrogen-bond donors (Lipinski definition) is 2. The lowest BCUT2D eigenvalue weighted by atomic mass is 10.3. The normalized spacial score (nSPS) is 10.2. The molecule has 0 bridgehead atoms. The first-order valence-electron chi connectivity index (χ1n) is 5.03. The first kappa shape index (κ1) is 11.7. The van der Waals surface area contributed by atoms with Gasteiger partial charge < -0.3 is 14.9 Å². The largest absolute Gasteiger partial charge is 0.504 e. The van der Waals surface area contributed by atoms with Crippen LogP contribution in [0.2, 0.25) is 0 Å². The highest BCUT2D eigenvalue weighted by Crippen LogP contribution is 2.34. The average Bonchev–Trinajstić information content (AvgIpc) is 2.35. The summed E-state index contributed by atoms with van der Waals surface area (Å²) in [6, 6.07) is 12.4. The molecule has 4 heteroatoms. The maximum Gasteiger partial charge on any atom is 0.158 e. The maximum absolute atomic E-state index is 9.38. The van der Waals surface area contributed by atoms with E-state index >= 15 is 0 Å². The number of phenolic OH excluding ortho intramolecular Hbond substituents is 2. The Bertz CT molecular complexity index is 509. The Balaban J connectivity index is 2.16. The minimum Gasteiger partial charge on any atom is -0.504 e. The highest BCUT2D eigenvalue weighted by atomic mass is 32.2. The van der Waals surface area contributed by atoms with E-state index in [9.17, 15) is 10.2 Å². The molecule has 0 unspecified atom stereocenters. The first-order valence-corrected chi connectivity index (χ1v) is 5.84. The van der Waals surface area contributed by atoms with Crippen LogP contribution in [0.5, 0.6) is 17.2 Å². The Morgan fingerprint density at radius 3 is 2.12 bits per heavy atom. The van der Waals surface area contributed by atoms with Crippen molar-refractivity contribution in [3.8, 4) is 17.2 Å². The Morgan fingerprint density at radius 2 is 1.53 bits per heavy atom. The summed E-state index contributed by atoms with van der Waals surface area (Å²) in [6.45, 7) is 0. The van der Waals surface area contributed by atoms with Crippen LogP contribution in [-0.4, -0.2) is 17.3 Å². The fraction of sp³-hybridized carbons (Fsp3) is 0.0769. The molecule has 0 aliphatic rings. The lowest BCUT2D eigenvalue weighted by Crippen LogP contribution is -1.81. The summed E-state index contributed by atoms with van der Waals surface area (Å²) >= 11 is 1.50. The van der Waals surface area contributed by atoms with Crippen LogP contribution in [0.1, 0.15) is 0 Å². The predicted molar refractivity (Wildman–Crippen MR) is 66.9 cm³/mol. The summed E-state index contributed by atoms with van der Waals surface area (Å²) in [7, 11) is 1.63. The van der Waals surface area contributed by atoms with E-state index in [2.05, 4.69) is 0 Å². The molecule has 0 aromatic heterocycles. The zero-order valence-electron chi connectivity index (χ0n) is 9.25. The van der Waals surface area contributed by atoms with Crippen LogP contribution in [0, 0.1) is 0 Å². The van der Waals surface area contributed by atoms with Crippen molar-refractivity contribution in [1.29, 1.82) is 0 Å². The molecule has 0 heterocycles. The minimum absolute atomic E-state index is 0.107. The summed E-state index contributed by atoms with van der Waals surface area (Å²) in [5, 5.41) is 18.6. The average molecular weight is 248 g/mol. The zero-order valence-corrected chi connectivity index (χ0v) is 10.1. The fourth-order valence-corrected chi connectivity index (χ4v) is 2.20. The molecule has 0 saturated heterocycles. The summed E-state index contributed by atoms with van der Waals surface area (Å²) in [4.78, 5) is 1.90. The lowest BCUT2D eigenvalue weighted by molar-refractivity contribution is 0.402. The van der Waals surface area contributed by atoms with Crippen LogP contribution in [-0.2, 0) is 0 Å². The molecule has 3 nitrogen and oxygen atoms in total. The molecule has 0 aliphatic carbocycles. The summed E-state index contributed by atoms with van der Waals surface area (Å²) in [6.07, 6.45) is 0. The molecule has 0 spiro atoms. The standard InChI is InChI=1S/C13H12O3S/c1-16-9-2-4-10(5-3-9)17-11-6-7-12(14)13(15)8-11/h2-8,14-15H,1H3. The monoisotopic (exact) mass is 248 g/mol. The van der Waals surface area contributed by atoms with Crippen LogP contribution in [0.15, 0.2) is 52.3 Å². The molecule has 2 aromatic carbocycles. The number of methoxy groups -OCH3 is 1. The Labute approximate surface area is 104 Å². The van der Waals surface area contributed by atoms with Crippen LogP contribution < -0.4 is 4.74 Å². The quantitative estimate of drug-likeness (QED) is 0.819. The predicted octanol–water partition coefficient (Wildman–Crippen LogP) is 3.26. The van der Waals surface area contributed by atoms with Gasteiger partial charge in [-0.1, -0.05) is 11.8 Å². The Kier molecular flexibility index (Phi) is 3.44. The van der Waals surface area contributed by atoms with Crippen molar-refractivity contribution in [3.05, 3.63) is 42.5 Å². The second kappa shape index (κ2) is 5.01. The second-order valence-electron chi connectivity index (χ2n) is 3.43. The third-order valence-electron chi connectivity index (χ3n) is 2.24. The van der Waals surface area contributed by atoms with E-state index in [1.165, 1.54) is 23.9 Å². The van der Waals surface area contributed by atoms with Gasteiger partial charge in [0.1, 0.15) is 5.75 Å². The third kappa shape index (κ3) is 2.85. The van der Waals surface area contributed by atoms with Gasteiger partial charge in [-0.3, -0.25) is 0 Å². The number of aromatic hydroxyl groups is 2. The topological polar surface area (TPSA) is 49.7 Å². The second-order valence-corrected chi connectivity index (χ2v) is 4.58. The molecule has 0 radical (unpaired) electrons. The highest BCUT2D eigenvalue weighted by Gasteiger charge is 2.02. The molecule has 17 heavy (non-hydrogen) atoms. The number of rotatable bonds is 3. The maximum atomic E-state index is 9.38. The van der Waals surface area contributed by atoms with Crippen molar-refractivity contribution >= 4 is 11.8 Å². The van der Waals surface area contributed by atoms with Gasteiger partial charge in [0.15, 0.2) is 11.5 Å². The van der Waals surface area contributed by atoms with Crippen molar-refractivity contribution in [2.24, 2.45) is 0 Å². The zero-order chi connectivity index (χ0) is 12.3. The van der Waals surface area contributed by atoms with Gasteiger partial charge in [-0.05, 0) is 42.5 Å². The van der Waals surface area contributed by atoms with E-state index in [0.717, 1.165) is 15.5 Å². The van der Waals surface area contributed by atoms with Gasteiger partial charge >= 0.3 is 0 Å². The number of benzene rings is 2. The summed E-state index contributed by atoms with van der Waals surface area (Å²) in [5.74, 6) is 0.593. The van der Waals surface area contributed by atoms with Gasteiger partial charge in [0.25, 0.3) is 0 Å². The number of hydrogen-bond acceptors (Lipinski definition) is 4. The highest BCUT2D eigenvalue weighted by molar-refractivity contribution is 7.99. The fourth-order valence-electron chi connectivity index (χ4n) is 1.35. The summed E-state index contributed by atoms with van der Waals surface area (Å²) < 4.78 is 5.07. The molecule has 0 atom stereocenters. The van der Waals surface area contributed by atoms with Gasteiger partial charge in [0, 0.05) is 9.79 Å². The van der Waals surface area contributed by atoms with Crippen molar-refractivity contribution in [2.75, 3.05) is 7.11 Å². The molecule has 0 fully saturated rings. The Hall–Kier alpha value is -1.81. The molecule has 2 N–H and O–H groups in total. The van der Waals surface area contributed by atoms with E-state index in [1.807, 2.05) is 24.3 Å². The first-order chi connectivity index (χ1) is 8.19. The summed E-state index contributed by atoms with van der Waals surface area (Å²) in [5.41, 5.74) is 0. The van der Waals surface area contributed by atoms with Crippen molar-refractivity contribution in [2.45, 2.75) is 9.79 Å². The van der Waals surface area contributed by atoms with Gasteiger partial charge in [-0.2, -0.15) is 0 Å². The van der Waals surface area contributed by atoms with E-state index in [1.54, 1.807) is 13.2 Å². The third-order valence-corrected chi connectivity index (χ3v) is 3.24. The van der Waals surface area contributed by atoms with Crippen LogP contribution in [0.3, 0.4) is 0 Å². The Morgan fingerprint density at radius 1 is 0.882 bits per heavy atom. The van der Waals surface area contributed by atoms with E-state index in [4.69, 9.17) is 4.74 Å². The lowest BCUT2D eigenvalue weighted by Gasteiger charge is -2.04. The van der Waals surface area contributed by atoms with E-state index < -0.39 is 0 Å².